The minimum absolute atomic E-state index is 0.586. The first kappa shape index (κ1) is 14.9. The third-order valence-corrected chi connectivity index (χ3v) is 3.81. The number of hydrogen-bond donors (Lipinski definition) is 1. The molecule has 0 aliphatic heterocycles. The summed E-state index contributed by atoms with van der Waals surface area (Å²) in [5.41, 5.74) is 3.86. The Bertz CT molecular complexity index is 529. The van der Waals surface area contributed by atoms with Gasteiger partial charge in [-0.25, -0.2) is 9.97 Å². The maximum Gasteiger partial charge on any atom is 0.232 e. The summed E-state index contributed by atoms with van der Waals surface area (Å²) in [4.78, 5) is 14.1. The van der Waals surface area contributed by atoms with E-state index in [9.17, 15) is 0 Å². The molecule has 0 fully saturated rings. The first-order valence-electron chi connectivity index (χ1n) is 6.83. The molecule has 1 N–H and O–H groups in total. The molecule has 2 aromatic rings. The standard InChI is InChI=1S/C14H20N4OS/c1-3-5-15-7-12-8-16-9-14(18-12)19-6-4-13-11(2)17-10-20-13/h8-10,15H,3-7H2,1-2H3. The van der Waals surface area contributed by atoms with Crippen LogP contribution in [0.5, 0.6) is 5.88 Å². The third-order valence-electron chi connectivity index (χ3n) is 2.82. The zero-order valence-electron chi connectivity index (χ0n) is 11.9. The number of thiazole rings is 1. The van der Waals surface area contributed by atoms with Crippen LogP contribution < -0.4 is 10.1 Å². The molecule has 0 radical (unpaired) electrons. The summed E-state index contributed by atoms with van der Waals surface area (Å²) < 4.78 is 5.66. The lowest BCUT2D eigenvalue weighted by Crippen LogP contribution is -2.15. The van der Waals surface area contributed by atoms with E-state index in [0.717, 1.165) is 37.3 Å². The molecular formula is C14H20N4OS. The van der Waals surface area contributed by atoms with Crippen molar-refractivity contribution in [2.24, 2.45) is 0 Å². The van der Waals surface area contributed by atoms with Crippen LogP contribution in [-0.4, -0.2) is 28.1 Å². The van der Waals surface area contributed by atoms with Gasteiger partial charge in [-0.05, 0) is 19.9 Å². The van der Waals surface area contributed by atoms with Crippen molar-refractivity contribution in [1.82, 2.24) is 20.3 Å². The molecule has 2 heterocycles. The monoisotopic (exact) mass is 292 g/mol. The van der Waals surface area contributed by atoms with Gasteiger partial charge in [0.2, 0.25) is 5.88 Å². The third kappa shape index (κ3) is 4.54. The summed E-state index contributed by atoms with van der Waals surface area (Å²) in [5.74, 6) is 0.586. The number of nitrogens with zero attached hydrogens (tertiary/aromatic N) is 3. The number of ether oxygens (including phenoxy) is 1. The lowest BCUT2D eigenvalue weighted by Gasteiger charge is -2.06. The molecule has 0 atom stereocenters. The summed E-state index contributed by atoms with van der Waals surface area (Å²) in [6, 6.07) is 0. The van der Waals surface area contributed by atoms with Crippen LogP contribution in [0.3, 0.4) is 0 Å². The van der Waals surface area contributed by atoms with Gasteiger partial charge in [0, 0.05) is 24.0 Å². The van der Waals surface area contributed by atoms with Crippen molar-refractivity contribution in [2.75, 3.05) is 13.2 Å². The highest BCUT2D eigenvalue weighted by atomic mass is 32.1. The molecule has 0 amide bonds. The van der Waals surface area contributed by atoms with Crippen LogP contribution in [0.2, 0.25) is 0 Å². The highest BCUT2D eigenvalue weighted by molar-refractivity contribution is 7.09. The Morgan fingerprint density at radius 1 is 1.35 bits per heavy atom. The Hall–Kier alpha value is -1.53. The Morgan fingerprint density at radius 3 is 3.00 bits per heavy atom. The lowest BCUT2D eigenvalue weighted by atomic mass is 10.3. The normalized spacial score (nSPS) is 10.7. The van der Waals surface area contributed by atoms with Crippen molar-refractivity contribution in [1.29, 1.82) is 0 Å². The molecule has 0 saturated heterocycles. The van der Waals surface area contributed by atoms with Gasteiger partial charge in [0.1, 0.15) is 0 Å². The fourth-order valence-corrected chi connectivity index (χ4v) is 2.51. The molecule has 6 heteroatoms. The van der Waals surface area contributed by atoms with Gasteiger partial charge in [-0.3, -0.25) is 4.98 Å². The van der Waals surface area contributed by atoms with Crippen molar-refractivity contribution < 1.29 is 4.74 Å². The van der Waals surface area contributed by atoms with E-state index >= 15 is 0 Å². The molecule has 0 bridgehead atoms. The van der Waals surface area contributed by atoms with Crippen LogP contribution in [-0.2, 0) is 13.0 Å². The van der Waals surface area contributed by atoms with Crippen molar-refractivity contribution in [2.45, 2.75) is 33.2 Å². The van der Waals surface area contributed by atoms with Crippen molar-refractivity contribution in [3.05, 3.63) is 34.2 Å². The Labute approximate surface area is 123 Å². The second-order valence-electron chi connectivity index (χ2n) is 4.48. The second kappa shape index (κ2) is 7.91. The van der Waals surface area contributed by atoms with E-state index in [-0.39, 0.29) is 0 Å². The molecule has 0 saturated carbocycles. The molecule has 0 aliphatic rings. The van der Waals surface area contributed by atoms with Gasteiger partial charge < -0.3 is 10.1 Å². The summed E-state index contributed by atoms with van der Waals surface area (Å²) >= 11 is 1.66. The van der Waals surface area contributed by atoms with E-state index in [1.807, 2.05) is 12.4 Å². The molecular weight excluding hydrogens is 272 g/mol. The van der Waals surface area contributed by atoms with Gasteiger partial charge >= 0.3 is 0 Å². The number of hydrogen-bond acceptors (Lipinski definition) is 6. The van der Waals surface area contributed by atoms with Crippen LogP contribution in [0.15, 0.2) is 17.9 Å². The fraction of sp³-hybridized carbons (Fsp3) is 0.500. The van der Waals surface area contributed by atoms with Crippen molar-refractivity contribution >= 4 is 11.3 Å². The first-order valence-corrected chi connectivity index (χ1v) is 7.71. The fourth-order valence-electron chi connectivity index (χ4n) is 1.75. The van der Waals surface area contributed by atoms with Gasteiger partial charge in [0.25, 0.3) is 0 Å². The van der Waals surface area contributed by atoms with E-state index in [1.165, 1.54) is 4.88 Å². The summed E-state index contributed by atoms with van der Waals surface area (Å²) in [6.45, 7) is 6.47. The van der Waals surface area contributed by atoms with E-state index in [1.54, 1.807) is 23.7 Å². The van der Waals surface area contributed by atoms with Crippen LogP contribution in [0.1, 0.15) is 29.6 Å². The quantitative estimate of drug-likeness (QED) is 0.757. The summed E-state index contributed by atoms with van der Waals surface area (Å²) in [7, 11) is 0. The maximum absolute atomic E-state index is 5.66. The molecule has 20 heavy (non-hydrogen) atoms. The van der Waals surface area contributed by atoms with Crippen LogP contribution >= 0.6 is 11.3 Å². The maximum atomic E-state index is 5.66. The van der Waals surface area contributed by atoms with E-state index in [0.29, 0.717) is 12.5 Å². The highest BCUT2D eigenvalue weighted by Gasteiger charge is 2.03. The van der Waals surface area contributed by atoms with Gasteiger partial charge in [-0.2, -0.15) is 0 Å². The van der Waals surface area contributed by atoms with Gasteiger partial charge in [0.05, 0.1) is 29.7 Å². The predicted molar refractivity (Wildman–Crippen MR) is 80.1 cm³/mol. The van der Waals surface area contributed by atoms with E-state index < -0.39 is 0 Å². The Kier molecular flexibility index (Phi) is 5.88. The number of nitrogens with one attached hydrogen (secondary N) is 1. The average molecular weight is 292 g/mol. The largest absolute Gasteiger partial charge is 0.476 e. The first-order chi connectivity index (χ1) is 9.79. The molecule has 2 aromatic heterocycles. The summed E-state index contributed by atoms with van der Waals surface area (Å²) in [5, 5.41) is 3.30. The zero-order chi connectivity index (χ0) is 14.2. The minimum Gasteiger partial charge on any atom is -0.476 e. The van der Waals surface area contributed by atoms with Crippen LogP contribution in [0.4, 0.5) is 0 Å². The average Bonchev–Trinajstić information content (AvgIpc) is 2.85. The van der Waals surface area contributed by atoms with Crippen LogP contribution in [0, 0.1) is 6.92 Å². The Balaban J connectivity index is 1.80. The smallest absolute Gasteiger partial charge is 0.232 e. The van der Waals surface area contributed by atoms with E-state index in [2.05, 4.69) is 27.2 Å². The van der Waals surface area contributed by atoms with Crippen molar-refractivity contribution in [3.63, 3.8) is 0 Å². The molecule has 0 aliphatic carbocycles. The highest BCUT2D eigenvalue weighted by Crippen LogP contribution is 2.13. The van der Waals surface area contributed by atoms with E-state index in [4.69, 9.17) is 4.74 Å². The molecule has 5 nitrogen and oxygen atoms in total. The SMILES string of the molecule is CCCNCc1cncc(OCCc2scnc2C)n1. The predicted octanol–water partition coefficient (Wildman–Crippen LogP) is 2.36. The topological polar surface area (TPSA) is 59.9 Å². The second-order valence-corrected chi connectivity index (χ2v) is 5.42. The molecule has 108 valence electrons. The zero-order valence-corrected chi connectivity index (χ0v) is 12.7. The minimum atomic E-state index is 0.586. The van der Waals surface area contributed by atoms with Gasteiger partial charge in [-0.1, -0.05) is 6.92 Å². The molecule has 0 unspecified atom stereocenters. The van der Waals surface area contributed by atoms with Gasteiger partial charge in [-0.15, -0.1) is 11.3 Å². The number of aromatic nitrogens is 3. The molecule has 2 rings (SSSR count). The van der Waals surface area contributed by atoms with Crippen LogP contribution in [0.25, 0.3) is 0 Å². The van der Waals surface area contributed by atoms with Gasteiger partial charge in [0.15, 0.2) is 0 Å². The molecule has 0 aromatic carbocycles. The lowest BCUT2D eigenvalue weighted by molar-refractivity contribution is 0.307. The molecule has 0 spiro atoms. The Morgan fingerprint density at radius 2 is 2.25 bits per heavy atom. The summed E-state index contributed by atoms with van der Waals surface area (Å²) in [6.07, 6.45) is 5.39. The van der Waals surface area contributed by atoms with Crippen molar-refractivity contribution in [3.8, 4) is 5.88 Å². The number of rotatable bonds is 8. The number of aryl methyl sites for hydroxylation is 1.